The molecule has 0 radical (unpaired) electrons. The Bertz CT molecular complexity index is 368. The van der Waals surface area contributed by atoms with Crippen LogP contribution in [0.5, 0.6) is 0 Å². The molecular weight excluding hydrogens is 208 g/mol. The third-order valence-corrected chi connectivity index (χ3v) is 1.74. The molecule has 1 rings (SSSR count). The zero-order valence-corrected chi connectivity index (χ0v) is 8.81. The zero-order chi connectivity index (χ0) is 11.8. The lowest BCUT2D eigenvalue weighted by atomic mass is 10.4. The zero-order valence-electron chi connectivity index (χ0n) is 8.81. The summed E-state index contributed by atoms with van der Waals surface area (Å²) in [7, 11) is 0. The SMILES string of the molecule is C=CCNc1cc(NCCC(=O)O)ncn1. The molecule has 1 heterocycles. The molecule has 0 saturated carbocycles. The van der Waals surface area contributed by atoms with Crippen molar-refractivity contribution in [2.75, 3.05) is 23.7 Å². The van der Waals surface area contributed by atoms with Crippen molar-refractivity contribution in [3.63, 3.8) is 0 Å². The number of carboxylic acid groups (broad SMARTS) is 1. The Labute approximate surface area is 93.4 Å². The van der Waals surface area contributed by atoms with Gasteiger partial charge in [-0.25, -0.2) is 9.97 Å². The maximum atomic E-state index is 10.3. The number of hydrogen-bond donors (Lipinski definition) is 3. The van der Waals surface area contributed by atoms with Crippen LogP contribution in [-0.2, 0) is 4.79 Å². The number of rotatable bonds is 7. The largest absolute Gasteiger partial charge is 0.481 e. The van der Waals surface area contributed by atoms with Crippen LogP contribution in [0.1, 0.15) is 6.42 Å². The Balaban J connectivity index is 2.46. The lowest BCUT2D eigenvalue weighted by Crippen LogP contribution is -2.09. The number of nitrogens with zero attached hydrogens (tertiary/aromatic N) is 2. The first-order valence-electron chi connectivity index (χ1n) is 4.85. The number of aromatic nitrogens is 2. The van der Waals surface area contributed by atoms with E-state index in [1.54, 1.807) is 12.1 Å². The van der Waals surface area contributed by atoms with Gasteiger partial charge in [-0.3, -0.25) is 4.79 Å². The molecule has 1 aromatic heterocycles. The Morgan fingerprint density at radius 3 is 2.75 bits per heavy atom. The predicted molar refractivity (Wildman–Crippen MR) is 61.5 cm³/mol. The van der Waals surface area contributed by atoms with Gasteiger partial charge in [0.15, 0.2) is 0 Å². The van der Waals surface area contributed by atoms with Gasteiger partial charge in [-0.05, 0) is 0 Å². The van der Waals surface area contributed by atoms with Crippen molar-refractivity contribution in [2.45, 2.75) is 6.42 Å². The van der Waals surface area contributed by atoms with Gasteiger partial charge in [-0.1, -0.05) is 6.08 Å². The molecule has 0 spiro atoms. The van der Waals surface area contributed by atoms with Gasteiger partial charge in [0.05, 0.1) is 6.42 Å². The van der Waals surface area contributed by atoms with E-state index in [2.05, 4.69) is 27.2 Å². The highest BCUT2D eigenvalue weighted by Crippen LogP contribution is 2.07. The van der Waals surface area contributed by atoms with E-state index < -0.39 is 5.97 Å². The van der Waals surface area contributed by atoms with E-state index in [1.807, 2.05) is 0 Å². The number of carboxylic acids is 1. The molecule has 1 aromatic rings. The van der Waals surface area contributed by atoms with E-state index in [0.29, 0.717) is 24.7 Å². The molecule has 0 saturated heterocycles. The first-order chi connectivity index (χ1) is 7.72. The van der Waals surface area contributed by atoms with Crippen LogP contribution in [0.3, 0.4) is 0 Å². The summed E-state index contributed by atoms with van der Waals surface area (Å²) in [4.78, 5) is 18.3. The monoisotopic (exact) mass is 222 g/mol. The van der Waals surface area contributed by atoms with E-state index in [-0.39, 0.29) is 6.42 Å². The molecule has 0 aliphatic carbocycles. The highest BCUT2D eigenvalue weighted by atomic mass is 16.4. The summed E-state index contributed by atoms with van der Waals surface area (Å²) >= 11 is 0. The molecule has 0 aromatic carbocycles. The van der Waals surface area contributed by atoms with E-state index >= 15 is 0 Å². The quantitative estimate of drug-likeness (QED) is 0.596. The molecule has 0 bridgehead atoms. The van der Waals surface area contributed by atoms with Gasteiger partial charge in [0.1, 0.15) is 18.0 Å². The van der Waals surface area contributed by atoms with Crippen LogP contribution in [0, 0.1) is 0 Å². The van der Waals surface area contributed by atoms with E-state index in [0.717, 1.165) is 0 Å². The normalized spacial score (nSPS) is 9.50. The predicted octanol–water partition coefficient (Wildman–Crippen LogP) is 0.961. The minimum atomic E-state index is -0.841. The highest BCUT2D eigenvalue weighted by Gasteiger charge is 1.99. The van der Waals surface area contributed by atoms with Crippen LogP contribution in [0.2, 0.25) is 0 Å². The fraction of sp³-hybridized carbons (Fsp3) is 0.300. The Kier molecular flexibility index (Phi) is 4.78. The Hall–Kier alpha value is -2.11. The fourth-order valence-electron chi connectivity index (χ4n) is 1.02. The molecule has 0 unspecified atom stereocenters. The maximum absolute atomic E-state index is 10.3. The second-order valence-corrected chi connectivity index (χ2v) is 3.03. The van der Waals surface area contributed by atoms with E-state index in [1.165, 1.54) is 6.33 Å². The van der Waals surface area contributed by atoms with Crippen molar-refractivity contribution >= 4 is 17.6 Å². The molecule has 0 aliphatic rings. The van der Waals surface area contributed by atoms with Crippen molar-refractivity contribution in [3.8, 4) is 0 Å². The number of carbonyl (C=O) groups is 1. The molecule has 0 amide bonds. The second kappa shape index (κ2) is 6.39. The third kappa shape index (κ3) is 4.41. The first kappa shape index (κ1) is 12.0. The Morgan fingerprint density at radius 1 is 1.44 bits per heavy atom. The van der Waals surface area contributed by atoms with Crippen LogP contribution >= 0.6 is 0 Å². The fourth-order valence-corrected chi connectivity index (χ4v) is 1.02. The molecule has 16 heavy (non-hydrogen) atoms. The average Bonchev–Trinajstić information content (AvgIpc) is 2.26. The molecule has 0 atom stereocenters. The van der Waals surface area contributed by atoms with E-state index in [4.69, 9.17) is 5.11 Å². The van der Waals surface area contributed by atoms with E-state index in [9.17, 15) is 4.79 Å². The molecule has 0 aliphatic heterocycles. The average molecular weight is 222 g/mol. The van der Waals surface area contributed by atoms with Crippen molar-refractivity contribution in [2.24, 2.45) is 0 Å². The summed E-state index contributed by atoms with van der Waals surface area (Å²) in [6.07, 6.45) is 3.19. The number of hydrogen-bond acceptors (Lipinski definition) is 5. The highest BCUT2D eigenvalue weighted by molar-refractivity contribution is 5.67. The van der Waals surface area contributed by atoms with Crippen LogP contribution in [-0.4, -0.2) is 34.1 Å². The van der Waals surface area contributed by atoms with Gasteiger partial charge < -0.3 is 15.7 Å². The summed E-state index contributed by atoms with van der Waals surface area (Å²) in [5.41, 5.74) is 0. The van der Waals surface area contributed by atoms with Crippen molar-refractivity contribution in [1.29, 1.82) is 0 Å². The van der Waals surface area contributed by atoms with Crippen molar-refractivity contribution in [3.05, 3.63) is 25.0 Å². The lowest BCUT2D eigenvalue weighted by Gasteiger charge is -2.06. The van der Waals surface area contributed by atoms with Crippen LogP contribution in [0.15, 0.2) is 25.0 Å². The van der Waals surface area contributed by atoms with Crippen LogP contribution < -0.4 is 10.6 Å². The first-order valence-corrected chi connectivity index (χ1v) is 4.85. The molecule has 0 fully saturated rings. The standard InChI is InChI=1S/C10H14N4O2/c1-2-4-11-8-6-9(14-7-13-8)12-5-3-10(15)16/h2,6-7H,1,3-5H2,(H,15,16)(H2,11,12,13,14). The van der Waals surface area contributed by atoms with Crippen LogP contribution in [0.4, 0.5) is 11.6 Å². The third-order valence-electron chi connectivity index (χ3n) is 1.74. The Morgan fingerprint density at radius 2 is 2.12 bits per heavy atom. The number of anilines is 2. The maximum Gasteiger partial charge on any atom is 0.305 e. The summed E-state index contributed by atoms with van der Waals surface area (Å²) in [5.74, 6) is 0.432. The molecule has 3 N–H and O–H groups in total. The molecule has 6 nitrogen and oxygen atoms in total. The smallest absolute Gasteiger partial charge is 0.305 e. The number of aliphatic carboxylic acids is 1. The second-order valence-electron chi connectivity index (χ2n) is 3.03. The van der Waals surface area contributed by atoms with Gasteiger partial charge in [0.2, 0.25) is 0 Å². The summed E-state index contributed by atoms with van der Waals surface area (Å²) in [6.45, 7) is 4.54. The lowest BCUT2D eigenvalue weighted by molar-refractivity contribution is -0.136. The van der Waals surface area contributed by atoms with Gasteiger partial charge in [-0.15, -0.1) is 6.58 Å². The molecule has 86 valence electrons. The summed E-state index contributed by atoms with van der Waals surface area (Å²) in [6, 6.07) is 1.71. The minimum absolute atomic E-state index is 0.0550. The van der Waals surface area contributed by atoms with Gasteiger partial charge >= 0.3 is 5.97 Å². The molecular formula is C10H14N4O2. The van der Waals surface area contributed by atoms with Gasteiger partial charge in [0, 0.05) is 19.2 Å². The van der Waals surface area contributed by atoms with Crippen molar-refractivity contribution < 1.29 is 9.90 Å². The summed E-state index contributed by atoms with van der Waals surface area (Å²) < 4.78 is 0. The van der Waals surface area contributed by atoms with Crippen LogP contribution in [0.25, 0.3) is 0 Å². The van der Waals surface area contributed by atoms with Gasteiger partial charge in [-0.2, -0.15) is 0 Å². The van der Waals surface area contributed by atoms with Crippen molar-refractivity contribution in [1.82, 2.24) is 9.97 Å². The number of nitrogens with one attached hydrogen (secondary N) is 2. The topological polar surface area (TPSA) is 87.1 Å². The minimum Gasteiger partial charge on any atom is -0.481 e. The summed E-state index contributed by atoms with van der Waals surface area (Å²) in [5, 5.41) is 14.4. The van der Waals surface area contributed by atoms with Gasteiger partial charge in [0.25, 0.3) is 0 Å². The molecule has 6 heteroatoms.